The van der Waals surface area contributed by atoms with E-state index < -0.39 is 6.04 Å². The van der Waals surface area contributed by atoms with Gasteiger partial charge in [0.25, 0.3) is 0 Å². The molecule has 0 aliphatic carbocycles. The third-order valence-corrected chi connectivity index (χ3v) is 3.15. The Morgan fingerprint density at radius 1 is 1.41 bits per heavy atom. The Morgan fingerprint density at radius 3 is 2.68 bits per heavy atom. The summed E-state index contributed by atoms with van der Waals surface area (Å²) in [6.07, 6.45) is 0.727. The first-order valence-corrected chi connectivity index (χ1v) is 6.65. The smallest absolute Gasteiger partial charge is 0.239 e. The molecule has 6 nitrogen and oxygen atoms in total. The number of hydrogen-bond donors (Lipinski definition) is 3. The van der Waals surface area contributed by atoms with E-state index in [0.717, 1.165) is 23.3 Å². The molecule has 0 aliphatic heterocycles. The molecule has 1 heterocycles. The number of hydrogen-bond acceptors (Lipinski definition) is 4. The van der Waals surface area contributed by atoms with Crippen molar-refractivity contribution in [2.75, 3.05) is 13.7 Å². The zero-order valence-electron chi connectivity index (χ0n) is 12.5. The molecule has 2 rings (SSSR count). The first-order valence-electron chi connectivity index (χ1n) is 6.65. The molecule has 8 heteroatoms. The fraction of sp³-hybridized carbons (Fsp3) is 0.429. The largest absolute Gasteiger partial charge is 0.383 e. The van der Waals surface area contributed by atoms with Crippen LogP contribution in [0.5, 0.6) is 0 Å². The van der Waals surface area contributed by atoms with Gasteiger partial charge in [0.05, 0.1) is 23.7 Å². The van der Waals surface area contributed by atoms with Gasteiger partial charge in [-0.15, -0.1) is 24.8 Å². The minimum Gasteiger partial charge on any atom is -0.383 e. The predicted octanol–water partition coefficient (Wildman–Crippen LogP) is 1.95. The van der Waals surface area contributed by atoms with Crippen molar-refractivity contribution in [3.05, 3.63) is 30.1 Å². The lowest BCUT2D eigenvalue weighted by molar-refractivity contribution is -0.124. The van der Waals surface area contributed by atoms with Crippen LogP contribution in [0.3, 0.4) is 0 Å². The second-order valence-corrected chi connectivity index (χ2v) is 4.67. The number of aromatic amines is 1. The van der Waals surface area contributed by atoms with Gasteiger partial charge in [0.2, 0.25) is 5.91 Å². The summed E-state index contributed by atoms with van der Waals surface area (Å²) < 4.78 is 4.88. The molecule has 0 bridgehead atoms. The Hall–Kier alpha value is -1.34. The van der Waals surface area contributed by atoms with Crippen LogP contribution in [0, 0.1) is 0 Å². The summed E-state index contributed by atoms with van der Waals surface area (Å²) in [6.45, 7) is 2.18. The fourth-order valence-corrected chi connectivity index (χ4v) is 2.04. The number of fused-ring (bicyclic) bond motifs is 1. The molecule has 0 radical (unpaired) electrons. The maximum absolute atomic E-state index is 11.9. The predicted molar refractivity (Wildman–Crippen MR) is 91.6 cm³/mol. The molecule has 1 aromatic heterocycles. The van der Waals surface area contributed by atoms with E-state index in [2.05, 4.69) is 15.3 Å². The number of amides is 1. The van der Waals surface area contributed by atoms with Gasteiger partial charge in [-0.25, -0.2) is 4.98 Å². The number of nitrogens with zero attached hydrogens (tertiary/aromatic N) is 1. The van der Waals surface area contributed by atoms with E-state index in [0.29, 0.717) is 0 Å². The van der Waals surface area contributed by atoms with Crippen LogP contribution in [0.2, 0.25) is 0 Å². The van der Waals surface area contributed by atoms with Crippen molar-refractivity contribution < 1.29 is 9.53 Å². The zero-order chi connectivity index (χ0) is 14.5. The van der Waals surface area contributed by atoms with Crippen molar-refractivity contribution in [2.45, 2.75) is 25.4 Å². The highest BCUT2D eigenvalue weighted by Gasteiger charge is 2.20. The van der Waals surface area contributed by atoms with Crippen LogP contribution >= 0.6 is 24.8 Å². The molecule has 0 spiro atoms. The average molecular weight is 349 g/mol. The summed E-state index contributed by atoms with van der Waals surface area (Å²) in [7, 11) is 1.52. The third-order valence-electron chi connectivity index (χ3n) is 3.15. The molecule has 0 saturated carbocycles. The number of halogens is 2. The highest BCUT2D eigenvalue weighted by Crippen LogP contribution is 2.18. The van der Waals surface area contributed by atoms with Crippen molar-refractivity contribution >= 4 is 41.8 Å². The van der Waals surface area contributed by atoms with Crippen LogP contribution in [-0.2, 0) is 9.53 Å². The lowest BCUT2D eigenvalue weighted by Gasteiger charge is -2.17. The van der Waals surface area contributed by atoms with Gasteiger partial charge in [0.15, 0.2) is 0 Å². The quantitative estimate of drug-likeness (QED) is 0.743. The number of para-hydroxylation sites is 2. The van der Waals surface area contributed by atoms with Gasteiger partial charge in [-0.1, -0.05) is 19.1 Å². The third kappa shape index (κ3) is 4.84. The number of aromatic nitrogens is 2. The average Bonchev–Trinajstić information content (AvgIpc) is 2.88. The molecule has 22 heavy (non-hydrogen) atoms. The van der Waals surface area contributed by atoms with E-state index in [-0.39, 0.29) is 43.4 Å². The molecule has 2 aromatic rings. The number of carbonyl (C=O) groups is 1. The van der Waals surface area contributed by atoms with Crippen molar-refractivity contribution in [3.8, 4) is 0 Å². The number of rotatable bonds is 6. The Labute approximate surface area is 142 Å². The van der Waals surface area contributed by atoms with E-state index in [1.807, 2.05) is 31.2 Å². The van der Waals surface area contributed by atoms with Crippen LogP contribution in [0.1, 0.15) is 25.2 Å². The standard InChI is InChI=1S/C14H20N4O2.2ClH/c1-3-10(18-14(19)9(15)8-20-2)13-16-11-6-4-5-7-12(11)17-13;;/h4-7,9-10H,3,8,15H2,1-2H3,(H,16,17)(H,18,19);2*1H. The lowest BCUT2D eigenvalue weighted by Crippen LogP contribution is -2.44. The van der Waals surface area contributed by atoms with Gasteiger partial charge >= 0.3 is 0 Å². The summed E-state index contributed by atoms with van der Waals surface area (Å²) in [5.74, 6) is 0.505. The summed E-state index contributed by atoms with van der Waals surface area (Å²) in [5.41, 5.74) is 7.56. The number of H-pyrrole nitrogens is 1. The van der Waals surface area contributed by atoms with Crippen LogP contribution in [-0.4, -0.2) is 35.6 Å². The van der Waals surface area contributed by atoms with E-state index in [4.69, 9.17) is 10.5 Å². The summed E-state index contributed by atoms with van der Waals surface area (Å²) in [6, 6.07) is 6.91. The van der Waals surface area contributed by atoms with Gasteiger partial charge in [-0.05, 0) is 18.6 Å². The van der Waals surface area contributed by atoms with Gasteiger partial charge in [0.1, 0.15) is 11.9 Å². The second-order valence-electron chi connectivity index (χ2n) is 4.67. The van der Waals surface area contributed by atoms with Gasteiger partial charge in [0, 0.05) is 7.11 Å². The van der Waals surface area contributed by atoms with E-state index in [9.17, 15) is 4.79 Å². The Kier molecular flexibility index (Phi) is 9.04. The van der Waals surface area contributed by atoms with Crippen molar-refractivity contribution in [1.29, 1.82) is 0 Å². The Bertz CT molecular complexity index is 558. The number of nitrogens with two attached hydrogens (primary N) is 1. The van der Waals surface area contributed by atoms with Gasteiger partial charge in [-0.2, -0.15) is 0 Å². The van der Waals surface area contributed by atoms with E-state index in [1.54, 1.807) is 0 Å². The molecular weight excluding hydrogens is 327 g/mol. The number of methoxy groups -OCH3 is 1. The minimum atomic E-state index is -0.668. The van der Waals surface area contributed by atoms with Crippen molar-refractivity contribution in [2.24, 2.45) is 5.73 Å². The number of benzene rings is 1. The number of nitrogens with one attached hydrogen (secondary N) is 2. The SMILES string of the molecule is CCC(NC(=O)C(N)COC)c1nc2ccccc2[nH]1.Cl.Cl. The number of imidazole rings is 1. The van der Waals surface area contributed by atoms with Gasteiger partial charge < -0.3 is 20.8 Å². The second kappa shape index (κ2) is 9.63. The maximum atomic E-state index is 11.9. The zero-order valence-corrected chi connectivity index (χ0v) is 14.2. The lowest BCUT2D eigenvalue weighted by atomic mass is 10.2. The Morgan fingerprint density at radius 2 is 2.09 bits per heavy atom. The molecule has 1 aromatic carbocycles. The number of carbonyl (C=O) groups excluding carboxylic acids is 1. The molecule has 124 valence electrons. The van der Waals surface area contributed by atoms with Crippen LogP contribution in [0.25, 0.3) is 11.0 Å². The molecule has 4 N–H and O–H groups in total. The van der Waals surface area contributed by atoms with Crippen molar-refractivity contribution in [1.82, 2.24) is 15.3 Å². The molecule has 0 aliphatic rings. The molecule has 0 fully saturated rings. The summed E-state index contributed by atoms with van der Waals surface area (Å²) in [5, 5.41) is 2.89. The van der Waals surface area contributed by atoms with Crippen LogP contribution < -0.4 is 11.1 Å². The van der Waals surface area contributed by atoms with Crippen LogP contribution in [0.15, 0.2) is 24.3 Å². The topological polar surface area (TPSA) is 93.0 Å². The minimum absolute atomic E-state index is 0. The highest BCUT2D eigenvalue weighted by molar-refractivity contribution is 5.85. The van der Waals surface area contributed by atoms with E-state index in [1.165, 1.54) is 7.11 Å². The summed E-state index contributed by atoms with van der Waals surface area (Å²) >= 11 is 0. The van der Waals surface area contributed by atoms with Crippen LogP contribution in [0.4, 0.5) is 0 Å². The normalized spacial score (nSPS) is 12.9. The maximum Gasteiger partial charge on any atom is 0.239 e. The fourth-order valence-electron chi connectivity index (χ4n) is 2.04. The Balaban J connectivity index is 0.00000220. The van der Waals surface area contributed by atoms with Gasteiger partial charge in [-0.3, -0.25) is 4.79 Å². The highest BCUT2D eigenvalue weighted by atomic mass is 35.5. The van der Waals surface area contributed by atoms with E-state index >= 15 is 0 Å². The first kappa shape index (κ1) is 20.7. The molecule has 0 saturated heterocycles. The molecule has 2 atom stereocenters. The molecular formula is C14H22Cl2N4O2. The molecule has 2 unspecified atom stereocenters. The number of ether oxygens (including phenoxy) is 1. The molecule has 1 amide bonds. The monoisotopic (exact) mass is 348 g/mol. The van der Waals surface area contributed by atoms with Crippen molar-refractivity contribution in [3.63, 3.8) is 0 Å². The summed E-state index contributed by atoms with van der Waals surface area (Å²) in [4.78, 5) is 19.7. The first-order chi connectivity index (χ1) is 9.65.